The first kappa shape index (κ1) is 11.5. The monoisotopic (exact) mass is 240 g/mol. The zero-order chi connectivity index (χ0) is 11.7. The third kappa shape index (κ3) is 1.71. The maximum atomic E-state index is 10.1. The topological polar surface area (TPSA) is 38.7 Å². The molecule has 0 bridgehead atoms. The van der Waals surface area contributed by atoms with Crippen LogP contribution >= 0.6 is 11.6 Å². The predicted octanol–water partition coefficient (Wildman–Crippen LogP) is 2.42. The Hall–Kier alpha value is -1.03. The minimum atomic E-state index is -0.751. The molecule has 4 heteroatoms. The number of aliphatic hydroxyl groups is 1. The maximum absolute atomic E-state index is 10.1. The summed E-state index contributed by atoms with van der Waals surface area (Å²) < 4.78 is 10.4. The highest BCUT2D eigenvalue weighted by Crippen LogP contribution is 2.39. The van der Waals surface area contributed by atoms with Gasteiger partial charge in [-0.1, -0.05) is 23.8 Å². The smallest absolute Gasteiger partial charge is 0.125 e. The molecule has 16 heavy (non-hydrogen) atoms. The lowest BCUT2D eigenvalue weighted by Gasteiger charge is -2.26. The van der Waals surface area contributed by atoms with Crippen molar-refractivity contribution in [2.45, 2.75) is 12.2 Å². The molecule has 2 atom stereocenters. The van der Waals surface area contributed by atoms with Gasteiger partial charge in [0.25, 0.3) is 0 Å². The van der Waals surface area contributed by atoms with Crippen LogP contribution in [0.5, 0.6) is 5.75 Å². The number of benzene rings is 1. The van der Waals surface area contributed by atoms with Crippen molar-refractivity contribution in [1.82, 2.24) is 0 Å². The Bertz CT molecular complexity index is 429. The van der Waals surface area contributed by atoms with Crippen LogP contribution in [-0.4, -0.2) is 25.4 Å². The van der Waals surface area contributed by atoms with E-state index in [4.69, 9.17) is 21.1 Å². The van der Waals surface area contributed by atoms with Gasteiger partial charge in [-0.05, 0) is 12.1 Å². The quantitative estimate of drug-likeness (QED) is 0.863. The Kier molecular flexibility index (Phi) is 3.19. The lowest BCUT2D eigenvalue weighted by Crippen LogP contribution is -2.22. The lowest BCUT2D eigenvalue weighted by molar-refractivity contribution is 0.0138. The summed E-state index contributed by atoms with van der Waals surface area (Å²) in [5.41, 5.74) is 1.48. The van der Waals surface area contributed by atoms with E-state index in [1.807, 2.05) is 6.08 Å². The van der Waals surface area contributed by atoms with Crippen LogP contribution in [0.3, 0.4) is 0 Å². The zero-order valence-electron chi connectivity index (χ0n) is 9.11. The molecule has 2 rings (SSSR count). The molecule has 0 heterocycles. The Labute approximate surface area is 99.3 Å². The van der Waals surface area contributed by atoms with Gasteiger partial charge < -0.3 is 14.6 Å². The maximum Gasteiger partial charge on any atom is 0.125 e. The fourth-order valence-electron chi connectivity index (χ4n) is 1.91. The molecule has 0 saturated heterocycles. The molecule has 0 fully saturated rings. The fraction of sp³-hybridized carbons (Fsp3) is 0.333. The summed E-state index contributed by atoms with van der Waals surface area (Å²) in [6.45, 7) is 0. The fourth-order valence-corrected chi connectivity index (χ4v) is 2.14. The van der Waals surface area contributed by atoms with Gasteiger partial charge in [0.1, 0.15) is 18.0 Å². The third-order valence-electron chi connectivity index (χ3n) is 2.75. The third-order valence-corrected chi connectivity index (χ3v) is 3.08. The van der Waals surface area contributed by atoms with Crippen LogP contribution in [0.4, 0.5) is 0 Å². The highest BCUT2D eigenvalue weighted by molar-refractivity contribution is 6.32. The standard InChI is InChI=1S/C12H13ClO3/c1-15-9-6-4-8(13)7-3-5-10(16-2)12(14)11(7)9/h3-6,10,12,14H,1-2H3/t10-,12+/m0/s1. The van der Waals surface area contributed by atoms with Crippen LogP contribution < -0.4 is 4.74 Å². The summed E-state index contributed by atoms with van der Waals surface area (Å²) in [6, 6.07) is 3.50. The van der Waals surface area contributed by atoms with E-state index in [0.717, 1.165) is 5.56 Å². The van der Waals surface area contributed by atoms with Crippen molar-refractivity contribution in [2.75, 3.05) is 14.2 Å². The van der Waals surface area contributed by atoms with Gasteiger partial charge >= 0.3 is 0 Å². The minimum absolute atomic E-state index is 0.361. The Morgan fingerprint density at radius 2 is 2.06 bits per heavy atom. The highest BCUT2D eigenvalue weighted by atomic mass is 35.5. The summed E-state index contributed by atoms with van der Waals surface area (Å²) >= 11 is 6.07. The van der Waals surface area contributed by atoms with Gasteiger partial charge in [-0.25, -0.2) is 0 Å². The van der Waals surface area contributed by atoms with Crippen molar-refractivity contribution < 1.29 is 14.6 Å². The molecule has 1 aromatic carbocycles. The summed E-state index contributed by atoms with van der Waals surface area (Å²) in [5, 5.41) is 10.7. The minimum Gasteiger partial charge on any atom is -0.496 e. The number of ether oxygens (including phenoxy) is 2. The van der Waals surface area contributed by atoms with Crippen molar-refractivity contribution in [3.8, 4) is 5.75 Å². The van der Waals surface area contributed by atoms with Gasteiger partial charge in [-0.3, -0.25) is 0 Å². The van der Waals surface area contributed by atoms with Gasteiger partial charge in [0, 0.05) is 23.3 Å². The highest BCUT2D eigenvalue weighted by Gasteiger charge is 2.28. The molecular weight excluding hydrogens is 228 g/mol. The molecule has 0 aromatic heterocycles. The van der Waals surface area contributed by atoms with Gasteiger partial charge in [-0.15, -0.1) is 0 Å². The molecule has 0 unspecified atom stereocenters. The number of hydrogen-bond donors (Lipinski definition) is 1. The van der Waals surface area contributed by atoms with E-state index >= 15 is 0 Å². The number of fused-ring (bicyclic) bond motifs is 1. The number of aliphatic hydroxyl groups excluding tert-OH is 1. The van der Waals surface area contributed by atoms with Crippen LogP contribution in [0.2, 0.25) is 5.02 Å². The summed E-state index contributed by atoms with van der Waals surface area (Å²) in [5.74, 6) is 0.623. The molecule has 0 amide bonds. The van der Waals surface area contributed by atoms with Crippen LogP contribution in [-0.2, 0) is 4.74 Å². The molecule has 1 aliphatic rings. The van der Waals surface area contributed by atoms with Crippen molar-refractivity contribution in [1.29, 1.82) is 0 Å². The average Bonchev–Trinajstić information content (AvgIpc) is 2.31. The first-order valence-corrected chi connectivity index (χ1v) is 5.32. The molecule has 86 valence electrons. The second-order valence-corrected chi connectivity index (χ2v) is 3.99. The molecule has 0 spiro atoms. The number of rotatable bonds is 2. The Morgan fingerprint density at radius 3 is 2.69 bits per heavy atom. The summed E-state index contributed by atoms with van der Waals surface area (Å²) in [4.78, 5) is 0. The first-order chi connectivity index (χ1) is 7.69. The molecule has 1 aliphatic carbocycles. The van der Waals surface area contributed by atoms with Crippen LogP contribution in [0.15, 0.2) is 18.2 Å². The van der Waals surface area contributed by atoms with Gasteiger partial charge in [0.05, 0.1) is 7.11 Å². The van der Waals surface area contributed by atoms with Crippen molar-refractivity contribution in [3.63, 3.8) is 0 Å². The van der Waals surface area contributed by atoms with Crippen molar-refractivity contribution in [3.05, 3.63) is 34.4 Å². The second-order valence-electron chi connectivity index (χ2n) is 3.58. The van der Waals surface area contributed by atoms with Crippen molar-refractivity contribution >= 4 is 17.7 Å². The van der Waals surface area contributed by atoms with E-state index < -0.39 is 6.10 Å². The van der Waals surface area contributed by atoms with Gasteiger partial charge in [0.2, 0.25) is 0 Å². The van der Waals surface area contributed by atoms with Gasteiger partial charge in [-0.2, -0.15) is 0 Å². The molecular formula is C12H13ClO3. The van der Waals surface area contributed by atoms with E-state index in [0.29, 0.717) is 16.3 Å². The van der Waals surface area contributed by atoms with E-state index in [9.17, 15) is 5.11 Å². The molecule has 1 aromatic rings. The van der Waals surface area contributed by atoms with E-state index in [-0.39, 0.29) is 6.10 Å². The van der Waals surface area contributed by atoms with E-state index in [2.05, 4.69) is 0 Å². The summed E-state index contributed by atoms with van der Waals surface area (Å²) in [7, 11) is 3.12. The van der Waals surface area contributed by atoms with E-state index in [1.54, 1.807) is 32.4 Å². The first-order valence-electron chi connectivity index (χ1n) is 4.94. The van der Waals surface area contributed by atoms with Crippen molar-refractivity contribution in [2.24, 2.45) is 0 Å². The lowest BCUT2D eigenvalue weighted by atomic mass is 9.92. The number of hydrogen-bond acceptors (Lipinski definition) is 3. The van der Waals surface area contributed by atoms with Crippen LogP contribution in [0, 0.1) is 0 Å². The molecule has 0 saturated carbocycles. The van der Waals surface area contributed by atoms with E-state index in [1.165, 1.54) is 0 Å². The van der Waals surface area contributed by atoms with Gasteiger partial charge in [0.15, 0.2) is 0 Å². The zero-order valence-corrected chi connectivity index (χ0v) is 9.86. The summed E-state index contributed by atoms with van der Waals surface area (Å²) in [6.07, 6.45) is 2.53. The average molecular weight is 241 g/mol. The Balaban J connectivity index is 2.58. The largest absolute Gasteiger partial charge is 0.496 e. The molecule has 3 nitrogen and oxygen atoms in total. The molecule has 1 N–H and O–H groups in total. The SMILES string of the molecule is COc1ccc(Cl)c2c1[C@H](O)[C@@H](OC)C=C2. The second kappa shape index (κ2) is 4.45. The van der Waals surface area contributed by atoms with Crippen LogP contribution in [0.25, 0.3) is 6.08 Å². The molecule has 0 radical (unpaired) electrons. The van der Waals surface area contributed by atoms with Crippen LogP contribution in [0.1, 0.15) is 17.2 Å². The Morgan fingerprint density at radius 1 is 1.31 bits per heavy atom. The number of halogens is 1. The normalized spacial score (nSPS) is 23.0. The molecule has 0 aliphatic heterocycles. The predicted molar refractivity (Wildman–Crippen MR) is 62.8 cm³/mol. The number of methoxy groups -OCH3 is 2.